The molecule has 76 valence electrons. The predicted molar refractivity (Wildman–Crippen MR) is 50.5 cm³/mol. The largest absolute Gasteiger partial charge is 0.351 e. The van der Waals surface area contributed by atoms with Crippen LogP contribution in [0.2, 0.25) is 0 Å². The van der Waals surface area contributed by atoms with Crippen LogP contribution in [0.25, 0.3) is 0 Å². The fraction of sp³-hybridized carbons (Fsp3) is 0.286. The summed E-state index contributed by atoms with van der Waals surface area (Å²) in [5.74, 6) is -0.104. The fourth-order valence-corrected chi connectivity index (χ4v) is 0.970. The van der Waals surface area contributed by atoms with Crippen LogP contribution in [-0.2, 0) is 0 Å². The third kappa shape index (κ3) is 2.46. The van der Waals surface area contributed by atoms with Gasteiger partial charge in [0, 0.05) is 18.5 Å². The summed E-state index contributed by atoms with van der Waals surface area (Å²) in [5, 5.41) is 12.8. The number of alkyl halides is 1. The van der Waals surface area contributed by atoms with Crippen LogP contribution in [0.5, 0.6) is 0 Å². The summed E-state index contributed by atoms with van der Waals surface area (Å²) in [6, 6.07) is 1.17. The highest BCUT2D eigenvalue weighted by Gasteiger charge is 2.13. The summed E-state index contributed by atoms with van der Waals surface area (Å²) in [4.78, 5) is 23.4. The Morgan fingerprint density at radius 2 is 2.43 bits per heavy atom. The number of carbonyl (C=O) groups is 1. The van der Waals surface area contributed by atoms with E-state index >= 15 is 0 Å². The molecule has 1 aromatic heterocycles. The Morgan fingerprint density at radius 3 is 2.93 bits per heavy atom. The van der Waals surface area contributed by atoms with E-state index in [1.165, 1.54) is 6.07 Å². The number of aromatic nitrogens is 1. The molecule has 0 saturated carbocycles. The summed E-state index contributed by atoms with van der Waals surface area (Å²) in [6.07, 6.45) is 1.16. The second kappa shape index (κ2) is 4.61. The van der Waals surface area contributed by atoms with Gasteiger partial charge in [-0.1, -0.05) is 0 Å². The van der Waals surface area contributed by atoms with Crippen molar-refractivity contribution in [1.29, 1.82) is 0 Å². The maximum absolute atomic E-state index is 11.2. The minimum Gasteiger partial charge on any atom is -0.351 e. The number of nitrogens with zero attached hydrogens (tertiary/aromatic N) is 1. The summed E-state index contributed by atoms with van der Waals surface area (Å²) >= 11 is 5.36. The van der Waals surface area contributed by atoms with Crippen LogP contribution in [-0.4, -0.2) is 28.2 Å². The number of halogens is 1. The minimum absolute atomic E-state index is 0.138. The van der Waals surface area contributed by atoms with Crippen LogP contribution in [0.3, 0.4) is 0 Å². The molecule has 1 aromatic rings. The third-order valence-corrected chi connectivity index (χ3v) is 1.69. The maximum Gasteiger partial charge on any atom is 0.287 e. The molecule has 0 aromatic carbocycles. The lowest BCUT2D eigenvalue weighted by atomic mass is 10.4. The van der Waals surface area contributed by atoms with Crippen molar-refractivity contribution in [1.82, 2.24) is 10.3 Å². The lowest BCUT2D eigenvalue weighted by molar-refractivity contribution is -0.384. The van der Waals surface area contributed by atoms with Crippen molar-refractivity contribution >= 4 is 23.2 Å². The van der Waals surface area contributed by atoms with Crippen LogP contribution in [0.1, 0.15) is 10.5 Å². The summed E-state index contributed by atoms with van der Waals surface area (Å²) < 4.78 is 0. The maximum atomic E-state index is 11.2. The van der Waals surface area contributed by atoms with Gasteiger partial charge in [-0.05, 0) is 0 Å². The molecule has 0 aliphatic carbocycles. The zero-order valence-corrected chi connectivity index (χ0v) is 7.87. The first-order valence-corrected chi connectivity index (χ1v) is 4.35. The van der Waals surface area contributed by atoms with Crippen LogP contribution in [0.4, 0.5) is 5.69 Å². The molecule has 6 nitrogen and oxygen atoms in total. The van der Waals surface area contributed by atoms with Crippen molar-refractivity contribution in [2.45, 2.75) is 0 Å². The van der Waals surface area contributed by atoms with E-state index in [1.807, 2.05) is 0 Å². The molecule has 0 atom stereocenters. The first-order valence-electron chi connectivity index (χ1n) is 3.82. The molecule has 1 heterocycles. The molecule has 2 N–H and O–H groups in total. The number of aromatic amines is 1. The fourth-order valence-electron chi connectivity index (χ4n) is 0.875. The van der Waals surface area contributed by atoms with Gasteiger partial charge in [-0.15, -0.1) is 11.6 Å². The Morgan fingerprint density at radius 1 is 1.71 bits per heavy atom. The molecule has 0 aliphatic rings. The van der Waals surface area contributed by atoms with Crippen LogP contribution < -0.4 is 5.32 Å². The van der Waals surface area contributed by atoms with Gasteiger partial charge in [0.2, 0.25) is 0 Å². The molecule has 14 heavy (non-hydrogen) atoms. The SMILES string of the molecule is O=C(NCCCl)c1cc([N+](=O)[O-])c[nH]1. The van der Waals surface area contributed by atoms with E-state index in [0.717, 1.165) is 6.20 Å². The molecule has 0 unspecified atom stereocenters. The summed E-state index contributed by atoms with van der Waals surface area (Å²) in [5.41, 5.74) is 0.0165. The number of H-pyrrole nitrogens is 1. The number of nitrogens with one attached hydrogen (secondary N) is 2. The number of rotatable bonds is 4. The Balaban J connectivity index is 2.66. The predicted octanol–water partition coefficient (Wildman–Crippen LogP) is 0.891. The van der Waals surface area contributed by atoms with E-state index in [4.69, 9.17) is 11.6 Å². The average molecular weight is 218 g/mol. The third-order valence-electron chi connectivity index (χ3n) is 1.50. The van der Waals surface area contributed by atoms with E-state index < -0.39 is 10.8 Å². The number of hydrogen-bond donors (Lipinski definition) is 2. The molecule has 0 bridgehead atoms. The van der Waals surface area contributed by atoms with E-state index in [9.17, 15) is 14.9 Å². The minimum atomic E-state index is -0.575. The molecule has 0 aliphatic heterocycles. The van der Waals surface area contributed by atoms with E-state index in [1.54, 1.807) is 0 Å². The topological polar surface area (TPSA) is 88.0 Å². The van der Waals surface area contributed by atoms with E-state index in [0.29, 0.717) is 12.4 Å². The van der Waals surface area contributed by atoms with Crippen molar-refractivity contribution < 1.29 is 9.72 Å². The second-order valence-corrected chi connectivity index (χ2v) is 2.85. The summed E-state index contributed by atoms with van der Waals surface area (Å²) in [6.45, 7) is 0.327. The van der Waals surface area contributed by atoms with E-state index in [-0.39, 0.29) is 11.4 Å². The number of amides is 1. The van der Waals surface area contributed by atoms with Gasteiger partial charge >= 0.3 is 0 Å². The lowest BCUT2D eigenvalue weighted by Gasteiger charge is -1.98. The molecule has 1 rings (SSSR count). The van der Waals surface area contributed by atoms with Crippen LogP contribution >= 0.6 is 11.6 Å². The number of carbonyl (C=O) groups excluding carboxylic acids is 1. The van der Waals surface area contributed by atoms with Crippen molar-refractivity contribution in [3.8, 4) is 0 Å². The van der Waals surface area contributed by atoms with Gasteiger partial charge in [-0.2, -0.15) is 0 Å². The van der Waals surface area contributed by atoms with E-state index in [2.05, 4.69) is 10.3 Å². The lowest BCUT2D eigenvalue weighted by Crippen LogP contribution is -2.25. The Kier molecular flexibility index (Phi) is 3.47. The normalized spacial score (nSPS) is 9.79. The van der Waals surface area contributed by atoms with Gasteiger partial charge in [0.1, 0.15) is 5.69 Å². The molecule has 0 fully saturated rings. The quantitative estimate of drug-likeness (QED) is 0.446. The van der Waals surface area contributed by atoms with Gasteiger partial charge in [-0.3, -0.25) is 14.9 Å². The zero-order chi connectivity index (χ0) is 10.6. The molecule has 1 amide bonds. The highest BCUT2D eigenvalue weighted by Crippen LogP contribution is 2.11. The van der Waals surface area contributed by atoms with Gasteiger partial charge < -0.3 is 10.3 Å². The molecular formula is C7H8ClN3O3. The van der Waals surface area contributed by atoms with Crippen molar-refractivity contribution in [2.24, 2.45) is 0 Å². The van der Waals surface area contributed by atoms with Crippen molar-refractivity contribution in [3.05, 3.63) is 28.1 Å². The first kappa shape index (κ1) is 10.5. The molecule has 0 radical (unpaired) electrons. The van der Waals surface area contributed by atoms with Gasteiger partial charge in [0.05, 0.1) is 11.1 Å². The molecule has 0 saturated heterocycles. The molecule has 0 spiro atoms. The Hall–Kier alpha value is -1.56. The first-order chi connectivity index (χ1) is 6.65. The standard InChI is InChI=1S/C7H8ClN3O3/c8-1-2-9-7(12)6-3-5(4-10-6)11(13)14/h3-4,10H,1-2H2,(H,9,12). The highest BCUT2D eigenvalue weighted by molar-refractivity contribution is 6.18. The highest BCUT2D eigenvalue weighted by atomic mass is 35.5. The van der Waals surface area contributed by atoms with Gasteiger partial charge in [0.15, 0.2) is 0 Å². The van der Waals surface area contributed by atoms with Gasteiger partial charge in [-0.25, -0.2) is 0 Å². The molecule has 7 heteroatoms. The van der Waals surface area contributed by atoms with Gasteiger partial charge in [0.25, 0.3) is 11.6 Å². The van der Waals surface area contributed by atoms with Crippen LogP contribution in [0.15, 0.2) is 12.3 Å². The second-order valence-electron chi connectivity index (χ2n) is 2.47. The number of hydrogen-bond acceptors (Lipinski definition) is 3. The Labute approximate surface area is 84.4 Å². The number of nitro groups is 1. The smallest absolute Gasteiger partial charge is 0.287 e. The van der Waals surface area contributed by atoms with Crippen molar-refractivity contribution in [3.63, 3.8) is 0 Å². The van der Waals surface area contributed by atoms with Crippen molar-refractivity contribution in [2.75, 3.05) is 12.4 Å². The Bertz CT molecular complexity index is 350. The molecular weight excluding hydrogens is 210 g/mol. The summed E-state index contributed by atoms with van der Waals surface area (Å²) in [7, 11) is 0. The average Bonchev–Trinajstić information content (AvgIpc) is 2.62. The monoisotopic (exact) mass is 217 g/mol. The van der Waals surface area contributed by atoms with Crippen LogP contribution in [0, 0.1) is 10.1 Å². The zero-order valence-electron chi connectivity index (χ0n) is 7.12.